The number of hydrogen-bond acceptors (Lipinski definition) is 1. The van der Waals surface area contributed by atoms with Crippen LogP contribution in [0.1, 0.15) is 20.3 Å². The summed E-state index contributed by atoms with van der Waals surface area (Å²) in [7, 11) is 0. The zero-order valence-electron chi connectivity index (χ0n) is 6.10. The maximum Gasteiger partial charge on any atom is 0.304 e. The highest BCUT2D eigenvalue weighted by Gasteiger charge is 2.17. The van der Waals surface area contributed by atoms with Gasteiger partial charge in [0, 0.05) is 0 Å². The molecule has 0 aromatic carbocycles. The molecule has 0 radical (unpaired) electrons. The number of aliphatic carboxylic acids is 1. The second-order valence-electron chi connectivity index (χ2n) is 2.85. The topological polar surface area (TPSA) is 37.3 Å². The summed E-state index contributed by atoms with van der Waals surface area (Å²) in [5, 5.41) is 8.44. The SMILES string of the molecule is CC(C)(C=CI)CC(=O)O. The first-order valence-electron chi connectivity index (χ1n) is 2.98. The van der Waals surface area contributed by atoms with Crippen LogP contribution in [0.5, 0.6) is 0 Å². The van der Waals surface area contributed by atoms with Gasteiger partial charge < -0.3 is 5.11 Å². The Kier molecular flexibility index (Phi) is 3.93. The van der Waals surface area contributed by atoms with Gasteiger partial charge in [0.25, 0.3) is 0 Å². The molecule has 0 atom stereocenters. The number of carboxylic acids is 1. The normalized spacial score (nSPS) is 12.3. The van der Waals surface area contributed by atoms with Gasteiger partial charge in [-0.3, -0.25) is 4.79 Å². The first-order valence-corrected chi connectivity index (χ1v) is 4.22. The number of rotatable bonds is 3. The fourth-order valence-corrected chi connectivity index (χ4v) is 1.59. The van der Waals surface area contributed by atoms with Crippen molar-refractivity contribution in [3.8, 4) is 0 Å². The molecule has 0 bridgehead atoms. The zero-order valence-corrected chi connectivity index (χ0v) is 8.25. The first-order chi connectivity index (χ1) is 4.48. The minimum Gasteiger partial charge on any atom is -0.481 e. The first kappa shape index (κ1) is 9.94. The molecule has 0 aromatic rings. The quantitative estimate of drug-likeness (QED) is 0.785. The molecule has 0 aliphatic carbocycles. The monoisotopic (exact) mass is 254 g/mol. The summed E-state index contributed by atoms with van der Waals surface area (Å²) < 4.78 is 1.85. The molecule has 58 valence electrons. The largest absolute Gasteiger partial charge is 0.481 e. The molecule has 1 N–H and O–H groups in total. The second kappa shape index (κ2) is 3.95. The predicted octanol–water partition coefficient (Wildman–Crippen LogP) is 2.44. The highest BCUT2D eigenvalue weighted by atomic mass is 127. The van der Waals surface area contributed by atoms with Gasteiger partial charge in [-0.15, -0.1) is 0 Å². The molecule has 0 saturated carbocycles. The summed E-state index contributed by atoms with van der Waals surface area (Å²) in [4.78, 5) is 10.3. The molecular formula is C7H11IO2. The Morgan fingerprint density at radius 3 is 2.50 bits per heavy atom. The molecule has 0 spiro atoms. The van der Waals surface area contributed by atoms with Crippen LogP contribution in [-0.2, 0) is 4.79 Å². The van der Waals surface area contributed by atoms with Gasteiger partial charge in [-0.25, -0.2) is 0 Å². The van der Waals surface area contributed by atoms with E-state index in [0.717, 1.165) is 0 Å². The van der Waals surface area contributed by atoms with Gasteiger partial charge in [0.05, 0.1) is 6.42 Å². The average Bonchev–Trinajstić information content (AvgIpc) is 1.59. The fraction of sp³-hybridized carbons (Fsp3) is 0.571. The van der Waals surface area contributed by atoms with E-state index in [1.54, 1.807) is 0 Å². The van der Waals surface area contributed by atoms with E-state index in [4.69, 9.17) is 5.11 Å². The van der Waals surface area contributed by atoms with Crippen molar-refractivity contribution in [2.24, 2.45) is 5.41 Å². The van der Waals surface area contributed by atoms with Crippen LogP contribution < -0.4 is 0 Å². The van der Waals surface area contributed by atoms with Crippen molar-refractivity contribution in [1.82, 2.24) is 0 Å². The maximum atomic E-state index is 10.3. The number of hydrogen-bond donors (Lipinski definition) is 1. The van der Waals surface area contributed by atoms with Gasteiger partial charge in [-0.1, -0.05) is 42.5 Å². The van der Waals surface area contributed by atoms with Crippen LogP contribution >= 0.6 is 22.6 Å². The fourth-order valence-electron chi connectivity index (χ4n) is 0.619. The van der Waals surface area contributed by atoms with Crippen LogP contribution in [0.2, 0.25) is 0 Å². The zero-order chi connectivity index (χ0) is 8.20. The van der Waals surface area contributed by atoms with Gasteiger partial charge in [0.1, 0.15) is 0 Å². The van der Waals surface area contributed by atoms with E-state index < -0.39 is 5.97 Å². The van der Waals surface area contributed by atoms with Crippen molar-refractivity contribution in [1.29, 1.82) is 0 Å². The Labute approximate surface area is 74.5 Å². The van der Waals surface area contributed by atoms with Crippen LogP contribution in [0.25, 0.3) is 0 Å². The molecule has 0 aliphatic rings. The van der Waals surface area contributed by atoms with E-state index in [-0.39, 0.29) is 11.8 Å². The number of carboxylic acid groups (broad SMARTS) is 1. The molecule has 0 unspecified atom stereocenters. The Balaban J connectivity index is 3.99. The summed E-state index contributed by atoms with van der Waals surface area (Å²) in [6, 6.07) is 0. The molecule has 0 saturated heterocycles. The van der Waals surface area contributed by atoms with Crippen molar-refractivity contribution in [3.63, 3.8) is 0 Å². The summed E-state index contributed by atoms with van der Waals surface area (Å²) >= 11 is 2.09. The third-order valence-electron chi connectivity index (χ3n) is 1.12. The minimum absolute atomic E-state index is 0.187. The standard InChI is InChI=1S/C7H11IO2/c1-7(2,3-4-8)5-6(9)10/h3-4H,5H2,1-2H3,(H,9,10). The Bertz CT molecular complexity index is 150. The third kappa shape index (κ3) is 4.78. The van der Waals surface area contributed by atoms with Crippen LogP contribution in [0.15, 0.2) is 10.2 Å². The second-order valence-corrected chi connectivity index (χ2v) is 3.57. The van der Waals surface area contributed by atoms with E-state index in [1.165, 1.54) is 0 Å². The molecule has 0 rings (SSSR count). The molecule has 0 heterocycles. The van der Waals surface area contributed by atoms with Gasteiger partial charge >= 0.3 is 5.97 Å². The van der Waals surface area contributed by atoms with Gasteiger partial charge in [0.2, 0.25) is 0 Å². The number of allylic oxidation sites excluding steroid dienone is 1. The lowest BCUT2D eigenvalue weighted by Gasteiger charge is -2.15. The summed E-state index contributed by atoms with van der Waals surface area (Å²) in [5.74, 6) is -0.750. The lowest BCUT2D eigenvalue weighted by Crippen LogP contribution is -2.13. The Morgan fingerprint density at radius 2 is 2.20 bits per heavy atom. The van der Waals surface area contributed by atoms with Crippen molar-refractivity contribution in [2.45, 2.75) is 20.3 Å². The van der Waals surface area contributed by atoms with E-state index in [1.807, 2.05) is 24.0 Å². The molecule has 0 amide bonds. The van der Waals surface area contributed by atoms with Gasteiger partial charge in [-0.05, 0) is 9.50 Å². The predicted molar refractivity (Wildman–Crippen MR) is 49.2 cm³/mol. The molecule has 3 heteroatoms. The van der Waals surface area contributed by atoms with Crippen LogP contribution in [-0.4, -0.2) is 11.1 Å². The van der Waals surface area contributed by atoms with Crippen LogP contribution in [0.4, 0.5) is 0 Å². The van der Waals surface area contributed by atoms with Crippen LogP contribution in [0, 0.1) is 5.41 Å². The number of halogens is 1. The summed E-state index contributed by atoms with van der Waals surface area (Å²) in [5.41, 5.74) is -0.215. The Morgan fingerprint density at radius 1 is 1.70 bits per heavy atom. The molecule has 0 aromatic heterocycles. The van der Waals surface area contributed by atoms with Crippen LogP contribution in [0.3, 0.4) is 0 Å². The van der Waals surface area contributed by atoms with Crippen molar-refractivity contribution < 1.29 is 9.90 Å². The minimum atomic E-state index is -0.750. The highest BCUT2D eigenvalue weighted by molar-refractivity contribution is 14.1. The smallest absolute Gasteiger partial charge is 0.304 e. The number of carbonyl (C=O) groups is 1. The highest BCUT2D eigenvalue weighted by Crippen LogP contribution is 2.22. The summed E-state index contributed by atoms with van der Waals surface area (Å²) in [6.07, 6.45) is 2.08. The maximum absolute atomic E-state index is 10.3. The molecule has 2 nitrogen and oxygen atoms in total. The van der Waals surface area contributed by atoms with Crippen molar-refractivity contribution in [2.75, 3.05) is 0 Å². The molecular weight excluding hydrogens is 243 g/mol. The van der Waals surface area contributed by atoms with E-state index >= 15 is 0 Å². The van der Waals surface area contributed by atoms with E-state index in [2.05, 4.69) is 22.6 Å². The summed E-state index contributed by atoms with van der Waals surface area (Å²) in [6.45, 7) is 3.80. The van der Waals surface area contributed by atoms with Crippen molar-refractivity contribution in [3.05, 3.63) is 10.2 Å². The molecule has 0 fully saturated rings. The van der Waals surface area contributed by atoms with Crippen molar-refractivity contribution >= 4 is 28.6 Å². The Hall–Kier alpha value is -0.0600. The lowest BCUT2D eigenvalue weighted by atomic mass is 9.90. The molecule has 10 heavy (non-hydrogen) atoms. The van der Waals surface area contributed by atoms with E-state index in [0.29, 0.717) is 0 Å². The van der Waals surface area contributed by atoms with Gasteiger partial charge in [-0.2, -0.15) is 0 Å². The third-order valence-corrected chi connectivity index (χ3v) is 1.48. The van der Waals surface area contributed by atoms with E-state index in [9.17, 15) is 4.79 Å². The lowest BCUT2D eigenvalue weighted by molar-refractivity contribution is -0.138. The molecule has 0 aliphatic heterocycles. The van der Waals surface area contributed by atoms with Gasteiger partial charge in [0.15, 0.2) is 0 Å². The average molecular weight is 254 g/mol.